The molecular formula is C28H17Cl2N5O3. The molecule has 1 atom stereocenters. The fourth-order valence-electron chi connectivity index (χ4n) is 4.64. The second-order valence-corrected chi connectivity index (χ2v) is 9.50. The molecular weight excluding hydrogens is 525 g/mol. The summed E-state index contributed by atoms with van der Waals surface area (Å²) in [5.74, 6) is 0.291. The van der Waals surface area contributed by atoms with E-state index in [2.05, 4.69) is 10.1 Å². The number of nitrogens with zero attached hydrogens (tertiary/aromatic N) is 4. The van der Waals surface area contributed by atoms with Crippen LogP contribution in [0.4, 0.5) is 5.69 Å². The summed E-state index contributed by atoms with van der Waals surface area (Å²) in [4.78, 5) is 15.6. The highest BCUT2D eigenvalue weighted by atomic mass is 35.5. The number of hydrogen-bond acceptors (Lipinski definition) is 6. The monoisotopic (exact) mass is 541 g/mol. The first-order valence-corrected chi connectivity index (χ1v) is 12.3. The molecule has 2 heterocycles. The SMILES string of the molecule is N=c1c2c(ncn1N=Cc1ccc(Cl)cc1Cl)Oc1c(ccc3ccccc13)C2c1cccc([N+](=O)[O-])c1. The van der Waals surface area contributed by atoms with Gasteiger partial charge >= 0.3 is 0 Å². The van der Waals surface area contributed by atoms with E-state index < -0.39 is 10.8 Å². The zero-order valence-corrected chi connectivity index (χ0v) is 21.0. The predicted molar refractivity (Wildman–Crippen MR) is 146 cm³/mol. The van der Waals surface area contributed by atoms with Gasteiger partial charge in [-0.3, -0.25) is 15.5 Å². The summed E-state index contributed by atoms with van der Waals surface area (Å²) in [6.45, 7) is 0. The van der Waals surface area contributed by atoms with Gasteiger partial charge in [0.15, 0.2) is 5.49 Å². The van der Waals surface area contributed by atoms with E-state index in [1.54, 1.807) is 30.3 Å². The maximum atomic E-state index is 11.6. The van der Waals surface area contributed by atoms with Crippen molar-refractivity contribution >= 4 is 45.9 Å². The number of halogens is 2. The minimum absolute atomic E-state index is 0.0200. The van der Waals surface area contributed by atoms with Crippen molar-refractivity contribution in [2.24, 2.45) is 5.10 Å². The van der Waals surface area contributed by atoms with E-state index in [-0.39, 0.29) is 17.1 Å². The molecule has 0 aliphatic carbocycles. The van der Waals surface area contributed by atoms with Gasteiger partial charge in [-0.25, -0.2) is 9.66 Å². The van der Waals surface area contributed by atoms with Gasteiger partial charge in [-0.05, 0) is 23.1 Å². The number of aromatic nitrogens is 2. The van der Waals surface area contributed by atoms with Crippen molar-refractivity contribution in [3.05, 3.63) is 133 Å². The number of ether oxygens (including phenoxy) is 1. The zero-order chi connectivity index (χ0) is 26.4. The maximum Gasteiger partial charge on any atom is 0.269 e. The Morgan fingerprint density at radius 3 is 2.71 bits per heavy atom. The Morgan fingerprint density at radius 2 is 1.89 bits per heavy atom. The van der Waals surface area contributed by atoms with Crippen molar-refractivity contribution in [3.63, 3.8) is 0 Å². The van der Waals surface area contributed by atoms with Gasteiger partial charge in [0, 0.05) is 39.6 Å². The molecule has 38 heavy (non-hydrogen) atoms. The Balaban J connectivity index is 1.56. The Bertz CT molecular complexity index is 1850. The van der Waals surface area contributed by atoms with Gasteiger partial charge in [0.1, 0.15) is 12.1 Å². The van der Waals surface area contributed by atoms with Crippen molar-refractivity contribution in [1.29, 1.82) is 5.41 Å². The molecule has 6 rings (SSSR count). The van der Waals surface area contributed by atoms with Gasteiger partial charge in [-0.15, -0.1) is 0 Å². The fraction of sp³-hybridized carbons (Fsp3) is 0.0357. The highest BCUT2D eigenvalue weighted by molar-refractivity contribution is 6.36. The quantitative estimate of drug-likeness (QED) is 0.149. The average Bonchev–Trinajstić information content (AvgIpc) is 2.92. The van der Waals surface area contributed by atoms with Crippen LogP contribution in [0.2, 0.25) is 10.0 Å². The molecule has 5 aromatic rings. The van der Waals surface area contributed by atoms with Crippen LogP contribution in [0, 0.1) is 15.5 Å². The van der Waals surface area contributed by atoms with E-state index in [1.807, 2.05) is 36.4 Å². The van der Waals surface area contributed by atoms with Crippen LogP contribution < -0.4 is 10.2 Å². The molecule has 0 saturated heterocycles. The summed E-state index contributed by atoms with van der Waals surface area (Å²) in [7, 11) is 0. The standard InChI is InChI=1S/C28H17Cl2N5O3/c29-19-10-8-18(23(30)13-19)14-33-34-15-32-28-25(27(34)31)24(17-5-3-6-20(12-17)35(36)37)22-11-9-16-4-1-2-7-21(16)26(22)38-28/h1-15,24,31H. The normalized spacial score (nSPS) is 14.2. The molecule has 8 nitrogen and oxygen atoms in total. The third-order valence-electron chi connectivity index (χ3n) is 6.41. The fourth-order valence-corrected chi connectivity index (χ4v) is 5.09. The predicted octanol–water partition coefficient (Wildman–Crippen LogP) is 6.90. The molecule has 1 aromatic heterocycles. The Kier molecular flexibility index (Phi) is 5.90. The molecule has 0 spiro atoms. The van der Waals surface area contributed by atoms with Crippen LogP contribution in [0.3, 0.4) is 0 Å². The first kappa shape index (κ1) is 23.8. The first-order valence-electron chi connectivity index (χ1n) is 11.5. The van der Waals surface area contributed by atoms with Gasteiger partial charge in [0.25, 0.3) is 5.69 Å². The summed E-state index contributed by atoms with van der Waals surface area (Å²) in [6.07, 6.45) is 2.90. The third kappa shape index (κ3) is 4.09. The number of nitro benzene ring substituents is 1. The van der Waals surface area contributed by atoms with Crippen LogP contribution in [0.15, 0.2) is 90.3 Å². The van der Waals surface area contributed by atoms with Crippen LogP contribution >= 0.6 is 23.2 Å². The Labute approximate surface area is 226 Å². The largest absolute Gasteiger partial charge is 0.438 e. The number of nitrogens with one attached hydrogen (secondary N) is 1. The molecule has 1 N–H and O–H groups in total. The van der Waals surface area contributed by atoms with E-state index in [4.69, 9.17) is 33.3 Å². The molecule has 186 valence electrons. The van der Waals surface area contributed by atoms with E-state index in [0.29, 0.717) is 32.5 Å². The van der Waals surface area contributed by atoms with Crippen LogP contribution in [0.25, 0.3) is 10.8 Å². The maximum absolute atomic E-state index is 11.6. The highest BCUT2D eigenvalue weighted by Gasteiger charge is 2.33. The van der Waals surface area contributed by atoms with Gasteiger partial charge in [0.2, 0.25) is 5.88 Å². The van der Waals surface area contributed by atoms with Crippen LogP contribution in [-0.4, -0.2) is 20.8 Å². The number of non-ortho nitro benzene ring substituents is 1. The third-order valence-corrected chi connectivity index (χ3v) is 6.97. The van der Waals surface area contributed by atoms with E-state index >= 15 is 0 Å². The summed E-state index contributed by atoms with van der Waals surface area (Å²) in [5.41, 5.74) is 2.44. The Morgan fingerprint density at radius 1 is 1.05 bits per heavy atom. The van der Waals surface area contributed by atoms with Crippen LogP contribution in [-0.2, 0) is 0 Å². The lowest BCUT2D eigenvalue weighted by Crippen LogP contribution is -2.28. The van der Waals surface area contributed by atoms with Crippen molar-refractivity contribution in [2.75, 3.05) is 0 Å². The van der Waals surface area contributed by atoms with Crippen molar-refractivity contribution < 1.29 is 9.66 Å². The highest BCUT2D eigenvalue weighted by Crippen LogP contribution is 2.48. The summed E-state index contributed by atoms with van der Waals surface area (Å²) in [5, 5.41) is 27.8. The molecule has 4 aromatic carbocycles. The van der Waals surface area contributed by atoms with Crippen molar-refractivity contribution in [3.8, 4) is 11.6 Å². The van der Waals surface area contributed by atoms with Crippen LogP contribution in [0.1, 0.15) is 28.2 Å². The van der Waals surface area contributed by atoms with E-state index in [0.717, 1.165) is 16.3 Å². The molecule has 0 amide bonds. The molecule has 0 fully saturated rings. The lowest BCUT2D eigenvalue weighted by Gasteiger charge is -2.29. The summed E-state index contributed by atoms with van der Waals surface area (Å²) in [6, 6.07) is 23.1. The molecule has 0 bridgehead atoms. The van der Waals surface area contributed by atoms with Crippen molar-refractivity contribution in [1.82, 2.24) is 9.66 Å². The Hall–Kier alpha value is -4.53. The number of fused-ring (bicyclic) bond motifs is 4. The summed E-state index contributed by atoms with van der Waals surface area (Å²) >= 11 is 12.3. The summed E-state index contributed by atoms with van der Waals surface area (Å²) < 4.78 is 7.59. The number of nitro groups is 1. The van der Waals surface area contributed by atoms with Gasteiger partial charge < -0.3 is 4.74 Å². The molecule has 1 aliphatic heterocycles. The van der Waals surface area contributed by atoms with Crippen LogP contribution in [0.5, 0.6) is 11.6 Å². The van der Waals surface area contributed by atoms with Gasteiger partial charge in [-0.1, -0.05) is 77.8 Å². The molecule has 1 aliphatic rings. The van der Waals surface area contributed by atoms with Gasteiger partial charge in [0.05, 0.1) is 21.7 Å². The lowest BCUT2D eigenvalue weighted by atomic mass is 9.82. The number of benzene rings is 4. The second-order valence-electron chi connectivity index (χ2n) is 8.66. The molecule has 0 radical (unpaired) electrons. The second kappa shape index (κ2) is 9.41. The average molecular weight is 542 g/mol. The first-order chi connectivity index (χ1) is 18.4. The minimum atomic E-state index is -0.556. The minimum Gasteiger partial charge on any atom is -0.438 e. The van der Waals surface area contributed by atoms with Gasteiger partial charge in [-0.2, -0.15) is 5.10 Å². The lowest BCUT2D eigenvalue weighted by molar-refractivity contribution is -0.384. The molecule has 10 heteroatoms. The molecule has 1 unspecified atom stereocenters. The van der Waals surface area contributed by atoms with Crippen molar-refractivity contribution in [2.45, 2.75) is 5.92 Å². The number of rotatable bonds is 4. The topological polar surface area (TPSA) is 106 Å². The number of hydrogen-bond donors (Lipinski definition) is 1. The molecule has 0 saturated carbocycles. The zero-order valence-electron chi connectivity index (χ0n) is 19.5. The smallest absolute Gasteiger partial charge is 0.269 e. The van der Waals surface area contributed by atoms with E-state index in [1.165, 1.54) is 29.4 Å². The van der Waals surface area contributed by atoms with E-state index in [9.17, 15) is 10.1 Å².